The summed E-state index contributed by atoms with van der Waals surface area (Å²) in [6.45, 7) is 0.135. The van der Waals surface area contributed by atoms with Crippen molar-refractivity contribution in [2.75, 3.05) is 17.4 Å². The molecule has 1 aliphatic heterocycles. The van der Waals surface area contributed by atoms with E-state index in [0.717, 1.165) is 12.8 Å². The van der Waals surface area contributed by atoms with Crippen LogP contribution in [0.4, 0.5) is 11.4 Å². The minimum Gasteiger partial charge on any atom is -0.550 e. The predicted molar refractivity (Wildman–Crippen MR) is 106 cm³/mol. The van der Waals surface area contributed by atoms with Gasteiger partial charge in [-0.15, -0.1) is 0 Å². The van der Waals surface area contributed by atoms with Crippen LogP contribution in [-0.4, -0.2) is 24.6 Å². The number of aliphatic carboxylic acids is 1. The van der Waals surface area contributed by atoms with E-state index in [1.165, 1.54) is 0 Å². The molecule has 2 N–H and O–H groups in total. The monoisotopic (exact) mass is 409 g/mol. The van der Waals surface area contributed by atoms with Crippen LogP contribution in [0, 0.1) is 11.8 Å². The highest BCUT2D eigenvalue weighted by Gasteiger charge is 2.32. The van der Waals surface area contributed by atoms with Crippen LogP contribution < -0.4 is 25.2 Å². The second kappa shape index (κ2) is 8.44. The number of carboxylic acid groups (broad SMARTS) is 1. The van der Waals surface area contributed by atoms with Crippen molar-refractivity contribution in [2.24, 2.45) is 11.8 Å². The van der Waals surface area contributed by atoms with Gasteiger partial charge in [-0.1, -0.05) is 25.0 Å². The van der Waals surface area contributed by atoms with Gasteiger partial charge >= 0.3 is 0 Å². The number of nitrogens with one attached hydrogen (secondary N) is 2. The summed E-state index contributed by atoms with van der Waals surface area (Å²) in [4.78, 5) is 37.0. The van der Waals surface area contributed by atoms with Crippen molar-refractivity contribution in [2.45, 2.75) is 25.7 Å². The number of carbonyl (C=O) groups excluding carboxylic acids is 3. The van der Waals surface area contributed by atoms with Crippen molar-refractivity contribution >= 4 is 29.2 Å². The number of para-hydroxylation sites is 1. The summed E-state index contributed by atoms with van der Waals surface area (Å²) in [5.41, 5.74) is 1.11. The second-order valence-corrected chi connectivity index (χ2v) is 7.37. The summed E-state index contributed by atoms with van der Waals surface area (Å²) in [5.74, 6) is -2.36. The number of fused-ring (bicyclic) bond motifs is 1. The van der Waals surface area contributed by atoms with Gasteiger partial charge in [-0.3, -0.25) is 9.59 Å². The van der Waals surface area contributed by atoms with E-state index in [1.54, 1.807) is 42.5 Å². The van der Waals surface area contributed by atoms with Crippen molar-refractivity contribution in [3.63, 3.8) is 0 Å². The van der Waals surface area contributed by atoms with Gasteiger partial charge in [-0.05, 0) is 37.1 Å². The zero-order valence-electron chi connectivity index (χ0n) is 16.2. The van der Waals surface area contributed by atoms with E-state index in [9.17, 15) is 19.5 Å². The summed E-state index contributed by atoms with van der Waals surface area (Å²) in [6, 6.07) is 11.7. The molecule has 2 aromatic rings. The molecule has 2 amide bonds. The summed E-state index contributed by atoms with van der Waals surface area (Å²) < 4.78 is 10.6. The smallest absolute Gasteiger partial charge is 0.257 e. The van der Waals surface area contributed by atoms with E-state index >= 15 is 0 Å². The fourth-order valence-electron chi connectivity index (χ4n) is 3.92. The molecular formula is C22H21N2O6-. The Morgan fingerprint density at radius 2 is 1.63 bits per heavy atom. The van der Waals surface area contributed by atoms with Gasteiger partial charge < -0.3 is 30.0 Å². The van der Waals surface area contributed by atoms with Crippen LogP contribution in [0.5, 0.6) is 11.5 Å². The molecule has 156 valence electrons. The minimum absolute atomic E-state index is 0.135. The first-order chi connectivity index (χ1) is 14.5. The number of hydrogen-bond acceptors (Lipinski definition) is 6. The summed E-state index contributed by atoms with van der Waals surface area (Å²) in [6.07, 6.45) is 2.45. The number of amides is 2. The molecule has 1 heterocycles. The van der Waals surface area contributed by atoms with Crippen LogP contribution >= 0.6 is 0 Å². The molecule has 2 aromatic carbocycles. The standard InChI is InChI=1S/C22H22N2O6/c25-20(14-5-1-2-6-15(14)22(27)28)24-17-8-4-3-7-16(17)21(26)23-13-9-10-18-19(11-13)30-12-29-18/h3-4,7-11,14-15H,1-2,5-6,12H2,(H,23,26)(H,24,25)(H,27,28)/p-1/t14-,15+/m1/s1. The van der Waals surface area contributed by atoms with Gasteiger partial charge in [0.15, 0.2) is 11.5 Å². The first kappa shape index (κ1) is 19.8. The van der Waals surface area contributed by atoms with Crippen molar-refractivity contribution in [1.29, 1.82) is 0 Å². The Hall–Kier alpha value is -3.55. The Labute approximate surface area is 173 Å². The van der Waals surface area contributed by atoms with Gasteiger partial charge in [0.25, 0.3) is 5.91 Å². The van der Waals surface area contributed by atoms with Gasteiger partial charge in [-0.25, -0.2) is 0 Å². The van der Waals surface area contributed by atoms with Gasteiger partial charge in [0, 0.05) is 29.6 Å². The molecule has 0 radical (unpaired) electrons. The Kier molecular flexibility index (Phi) is 5.56. The molecule has 1 aliphatic carbocycles. The Morgan fingerprint density at radius 3 is 2.43 bits per heavy atom. The summed E-state index contributed by atoms with van der Waals surface area (Å²) in [5, 5.41) is 16.9. The fraction of sp³-hybridized carbons (Fsp3) is 0.318. The molecule has 1 fully saturated rings. The van der Waals surface area contributed by atoms with Crippen molar-refractivity contribution < 1.29 is 29.0 Å². The molecule has 2 aliphatic rings. The average molecular weight is 409 g/mol. The molecule has 8 heteroatoms. The average Bonchev–Trinajstić information content (AvgIpc) is 3.22. The van der Waals surface area contributed by atoms with Crippen LogP contribution in [0.15, 0.2) is 42.5 Å². The molecule has 0 bridgehead atoms. The predicted octanol–water partition coefficient (Wildman–Crippen LogP) is 2.16. The van der Waals surface area contributed by atoms with E-state index in [4.69, 9.17) is 9.47 Å². The maximum Gasteiger partial charge on any atom is 0.257 e. The largest absolute Gasteiger partial charge is 0.550 e. The molecular weight excluding hydrogens is 388 g/mol. The van der Waals surface area contributed by atoms with E-state index in [1.807, 2.05) is 0 Å². The number of anilines is 2. The van der Waals surface area contributed by atoms with E-state index in [-0.39, 0.29) is 12.4 Å². The number of hydrogen-bond donors (Lipinski definition) is 2. The van der Waals surface area contributed by atoms with Gasteiger partial charge in [-0.2, -0.15) is 0 Å². The molecule has 8 nitrogen and oxygen atoms in total. The third-order valence-electron chi connectivity index (χ3n) is 5.47. The lowest BCUT2D eigenvalue weighted by Gasteiger charge is -2.31. The molecule has 0 saturated heterocycles. The molecule has 4 rings (SSSR count). The highest BCUT2D eigenvalue weighted by Crippen LogP contribution is 2.35. The van der Waals surface area contributed by atoms with Crippen LogP contribution in [-0.2, 0) is 9.59 Å². The summed E-state index contributed by atoms with van der Waals surface area (Å²) in [7, 11) is 0. The first-order valence-corrected chi connectivity index (χ1v) is 9.84. The highest BCUT2D eigenvalue weighted by molar-refractivity contribution is 6.10. The highest BCUT2D eigenvalue weighted by atomic mass is 16.7. The number of carboxylic acids is 1. The number of rotatable bonds is 5. The van der Waals surface area contributed by atoms with Gasteiger partial charge in [0.2, 0.25) is 12.7 Å². The van der Waals surface area contributed by atoms with Crippen LogP contribution in [0.2, 0.25) is 0 Å². The third kappa shape index (κ3) is 4.07. The summed E-state index contributed by atoms with van der Waals surface area (Å²) >= 11 is 0. The molecule has 0 spiro atoms. The minimum atomic E-state index is -1.20. The van der Waals surface area contributed by atoms with E-state index < -0.39 is 29.6 Å². The number of benzene rings is 2. The fourth-order valence-corrected chi connectivity index (χ4v) is 3.92. The second-order valence-electron chi connectivity index (χ2n) is 7.37. The molecule has 1 saturated carbocycles. The Balaban J connectivity index is 1.50. The normalized spacial score (nSPS) is 19.7. The maximum absolute atomic E-state index is 12.8. The SMILES string of the molecule is O=C(Nc1ccc2c(c1)OCO2)c1ccccc1NC(=O)[C@@H]1CCCC[C@@H]1C(=O)[O-]. The molecule has 0 unspecified atom stereocenters. The molecule has 30 heavy (non-hydrogen) atoms. The van der Waals surface area contributed by atoms with Crippen molar-refractivity contribution in [3.8, 4) is 11.5 Å². The van der Waals surface area contributed by atoms with Gasteiger partial charge in [0.1, 0.15) is 0 Å². The zero-order valence-corrected chi connectivity index (χ0v) is 16.2. The van der Waals surface area contributed by atoms with E-state index in [0.29, 0.717) is 35.7 Å². The van der Waals surface area contributed by atoms with Crippen LogP contribution in [0.25, 0.3) is 0 Å². The van der Waals surface area contributed by atoms with Crippen LogP contribution in [0.3, 0.4) is 0 Å². The van der Waals surface area contributed by atoms with Crippen molar-refractivity contribution in [3.05, 3.63) is 48.0 Å². The molecule has 2 atom stereocenters. The number of carbonyl (C=O) groups is 3. The number of ether oxygens (including phenoxy) is 2. The lowest BCUT2D eigenvalue weighted by atomic mass is 9.78. The lowest BCUT2D eigenvalue weighted by Crippen LogP contribution is -2.42. The Morgan fingerprint density at radius 1 is 0.900 bits per heavy atom. The zero-order chi connectivity index (χ0) is 21.1. The third-order valence-corrected chi connectivity index (χ3v) is 5.47. The van der Waals surface area contributed by atoms with Crippen molar-refractivity contribution in [1.82, 2.24) is 0 Å². The Bertz CT molecular complexity index is 989. The lowest BCUT2D eigenvalue weighted by molar-refractivity contribution is -0.313. The first-order valence-electron chi connectivity index (χ1n) is 9.84. The quantitative estimate of drug-likeness (QED) is 0.782. The van der Waals surface area contributed by atoms with Crippen LogP contribution in [0.1, 0.15) is 36.0 Å². The van der Waals surface area contributed by atoms with E-state index in [2.05, 4.69) is 10.6 Å². The topological polar surface area (TPSA) is 117 Å². The molecule has 0 aromatic heterocycles. The van der Waals surface area contributed by atoms with Gasteiger partial charge in [0.05, 0.1) is 11.3 Å². The maximum atomic E-state index is 12.8.